The predicted octanol–water partition coefficient (Wildman–Crippen LogP) is 1.99. The summed E-state index contributed by atoms with van der Waals surface area (Å²) in [6.45, 7) is 5.14. The number of methoxy groups -OCH3 is 2. The van der Waals surface area contributed by atoms with Crippen molar-refractivity contribution in [1.82, 2.24) is 15.1 Å². The van der Waals surface area contributed by atoms with Crippen LogP contribution in [0.3, 0.4) is 0 Å². The van der Waals surface area contributed by atoms with Crippen molar-refractivity contribution in [2.24, 2.45) is 0 Å². The highest BCUT2D eigenvalue weighted by molar-refractivity contribution is 5.29. The Morgan fingerprint density at radius 2 is 2.11 bits per heavy atom. The summed E-state index contributed by atoms with van der Waals surface area (Å²) in [5, 5.41) is 7.71. The lowest BCUT2D eigenvalue weighted by Gasteiger charge is -2.26. The van der Waals surface area contributed by atoms with Crippen LogP contribution in [0.4, 0.5) is 0 Å². The van der Waals surface area contributed by atoms with Gasteiger partial charge in [-0.05, 0) is 19.9 Å². The van der Waals surface area contributed by atoms with Crippen molar-refractivity contribution in [2.75, 3.05) is 21.3 Å². The van der Waals surface area contributed by atoms with E-state index in [2.05, 4.69) is 24.3 Å². The van der Waals surface area contributed by atoms with Crippen molar-refractivity contribution >= 4 is 0 Å². The fourth-order valence-electron chi connectivity index (χ4n) is 2.28. The molecule has 0 amide bonds. The van der Waals surface area contributed by atoms with Crippen molar-refractivity contribution < 1.29 is 9.47 Å². The van der Waals surface area contributed by atoms with Crippen LogP contribution < -0.4 is 10.1 Å². The van der Waals surface area contributed by atoms with Gasteiger partial charge in [0.05, 0.1) is 31.1 Å². The van der Waals surface area contributed by atoms with Crippen LogP contribution >= 0.6 is 0 Å². The quantitative estimate of drug-likeness (QED) is 0.771. The molecule has 5 heteroatoms. The third-order valence-corrected chi connectivity index (χ3v) is 3.18. The molecule has 2 atom stereocenters. The van der Waals surface area contributed by atoms with Gasteiger partial charge in [0.15, 0.2) is 5.75 Å². The van der Waals surface area contributed by atoms with Gasteiger partial charge in [-0.1, -0.05) is 13.8 Å². The van der Waals surface area contributed by atoms with Gasteiger partial charge in [0, 0.05) is 13.7 Å². The fourth-order valence-corrected chi connectivity index (χ4v) is 2.28. The number of likely N-dealkylation sites (N-methyl/N-ethyl adjacent to an activating group) is 1. The lowest BCUT2D eigenvalue weighted by atomic mass is 10.0. The molecule has 1 heterocycles. The highest BCUT2D eigenvalue weighted by Gasteiger charge is 2.27. The third kappa shape index (κ3) is 3.03. The molecule has 0 aliphatic rings. The van der Waals surface area contributed by atoms with Crippen molar-refractivity contribution in [2.45, 2.75) is 45.4 Å². The minimum absolute atomic E-state index is 0.0870. The van der Waals surface area contributed by atoms with Crippen molar-refractivity contribution in [3.8, 4) is 5.75 Å². The number of rotatable bonds is 8. The summed E-state index contributed by atoms with van der Waals surface area (Å²) in [5.74, 6) is 0.818. The molecule has 104 valence electrons. The molecule has 5 nitrogen and oxygen atoms in total. The molecule has 0 aliphatic heterocycles. The normalized spacial score (nSPS) is 14.5. The van der Waals surface area contributed by atoms with E-state index >= 15 is 0 Å². The molecule has 1 N–H and O–H groups in total. The van der Waals surface area contributed by atoms with Crippen molar-refractivity contribution in [3.05, 3.63) is 11.9 Å². The van der Waals surface area contributed by atoms with E-state index < -0.39 is 0 Å². The van der Waals surface area contributed by atoms with E-state index in [1.165, 1.54) is 0 Å². The van der Waals surface area contributed by atoms with Crippen LogP contribution in [0.1, 0.15) is 38.4 Å². The maximum atomic E-state index is 5.55. The van der Waals surface area contributed by atoms with E-state index in [1.54, 1.807) is 20.4 Å². The number of aryl methyl sites for hydroxylation is 1. The zero-order chi connectivity index (χ0) is 13.5. The van der Waals surface area contributed by atoms with Gasteiger partial charge < -0.3 is 14.8 Å². The van der Waals surface area contributed by atoms with E-state index in [4.69, 9.17) is 9.47 Å². The van der Waals surface area contributed by atoms with Crippen molar-refractivity contribution in [1.29, 1.82) is 0 Å². The molecule has 18 heavy (non-hydrogen) atoms. The maximum Gasteiger partial charge on any atom is 0.161 e. The first-order valence-corrected chi connectivity index (χ1v) is 6.53. The summed E-state index contributed by atoms with van der Waals surface area (Å²) >= 11 is 0. The number of nitrogens with zero attached hydrogens (tertiary/aromatic N) is 2. The Kier molecular flexibility index (Phi) is 6.15. The largest absolute Gasteiger partial charge is 0.493 e. The van der Waals surface area contributed by atoms with Gasteiger partial charge in [0.2, 0.25) is 0 Å². The predicted molar refractivity (Wildman–Crippen MR) is 72.0 cm³/mol. The Labute approximate surface area is 109 Å². The zero-order valence-corrected chi connectivity index (χ0v) is 12.1. The second-order valence-electron chi connectivity index (χ2n) is 4.27. The number of hydrogen-bond acceptors (Lipinski definition) is 4. The molecular weight excluding hydrogens is 230 g/mol. The zero-order valence-electron chi connectivity index (χ0n) is 12.1. The molecule has 0 fully saturated rings. The lowest BCUT2D eigenvalue weighted by molar-refractivity contribution is 0.0638. The number of nitrogens with one attached hydrogen (secondary N) is 1. The van der Waals surface area contributed by atoms with Gasteiger partial charge in [-0.2, -0.15) is 5.10 Å². The second kappa shape index (κ2) is 7.38. The van der Waals surface area contributed by atoms with Gasteiger partial charge >= 0.3 is 0 Å². The Balaban J connectivity index is 3.12. The van der Waals surface area contributed by atoms with Gasteiger partial charge in [-0.25, -0.2) is 0 Å². The molecule has 0 radical (unpaired) electrons. The summed E-state index contributed by atoms with van der Waals surface area (Å²) in [6.07, 6.45) is 3.86. The fraction of sp³-hybridized carbons (Fsp3) is 0.769. The van der Waals surface area contributed by atoms with Crippen LogP contribution in [0.5, 0.6) is 5.75 Å². The first kappa shape index (κ1) is 15.0. The van der Waals surface area contributed by atoms with E-state index in [0.717, 1.165) is 30.8 Å². The molecule has 0 spiro atoms. The second-order valence-corrected chi connectivity index (χ2v) is 4.27. The first-order chi connectivity index (χ1) is 8.73. The van der Waals surface area contributed by atoms with E-state index in [-0.39, 0.29) is 12.1 Å². The maximum absolute atomic E-state index is 5.55. The summed E-state index contributed by atoms with van der Waals surface area (Å²) in [7, 11) is 5.36. The van der Waals surface area contributed by atoms with Crippen LogP contribution in [0.25, 0.3) is 0 Å². The SMILES string of the molecule is CCCn1ncc(OC)c1C(NC)C(CC)OC. The molecule has 0 aliphatic carbocycles. The number of ether oxygens (including phenoxy) is 2. The average molecular weight is 255 g/mol. The summed E-state index contributed by atoms with van der Waals surface area (Å²) in [6, 6.07) is 0.0870. The van der Waals surface area contributed by atoms with Gasteiger partial charge in [0.1, 0.15) is 0 Å². The molecule has 2 unspecified atom stereocenters. The minimum atomic E-state index is 0.0870. The first-order valence-electron chi connectivity index (χ1n) is 6.53. The molecule has 0 aromatic carbocycles. The van der Waals surface area contributed by atoms with Crippen molar-refractivity contribution in [3.63, 3.8) is 0 Å². The summed E-state index contributed by atoms with van der Waals surface area (Å²) in [5.41, 5.74) is 1.07. The molecule has 0 saturated heterocycles. The highest BCUT2D eigenvalue weighted by atomic mass is 16.5. The Morgan fingerprint density at radius 3 is 2.56 bits per heavy atom. The Bertz CT molecular complexity index is 348. The lowest BCUT2D eigenvalue weighted by Crippen LogP contribution is -2.32. The van der Waals surface area contributed by atoms with E-state index in [9.17, 15) is 0 Å². The van der Waals surface area contributed by atoms with E-state index in [0.29, 0.717) is 0 Å². The number of aromatic nitrogens is 2. The molecule has 1 rings (SSSR count). The topological polar surface area (TPSA) is 48.3 Å². The summed E-state index contributed by atoms with van der Waals surface area (Å²) < 4.78 is 13.0. The van der Waals surface area contributed by atoms with E-state index in [1.807, 2.05) is 11.7 Å². The standard InChI is InChI=1S/C13H25N3O2/c1-6-8-16-13(11(18-5)9-15-16)12(14-3)10(7-2)17-4/h9-10,12,14H,6-8H2,1-5H3. The molecule has 0 bridgehead atoms. The molecular formula is C13H25N3O2. The van der Waals surface area contributed by atoms with Gasteiger partial charge in [0.25, 0.3) is 0 Å². The average Bonchev–Trinajstić information content (AvgIpc) is 2.79. The van der Waals surface area contributed by atoms with Crippen LogP contribution in [0, 0.1) is 0 Å². The smallest absolute Gasteiger partial charge is 0.161 e. The van der Waals surface area contributed by atoms with Crippen LogP contribution in [-0.2, 0) is 11.3 Å². The summed E-state index contributed by atoms with van der Waals surface area (Å²) in [4.78, 5) is 0. The highest BCUT2D eigenvalue weighted by Crippen LogP contribution is 2.29. The molecule has 1 aromatic heterocycles. The molecule has 0 saturated carbocycles. The monoisotopic (exact) mass is 255 g/mol. The number of hydrogen-bond donors (Lipinski definition) is 1. The van der Waals surface area contributed by atoms with Gasteiger partial charge in [-0.15, -0.1) is 0 Å². The van der Waals surface area contributed by atoms with Crippen LogP contribution in [-0.4, -0.2) is 37.2 Å². The Morgan fingerprint density at radius 1 is 1.39 bits per heavy atom. The van der Waals surface area contributed by atoms with Crippen LogP contribution in [0.15, 0.2) is 6.20 Å². The minimum Gasteiger partial charge on any atom is -0.493 e. The van der Waals surface area contributed by atoms with Crippen LogP contribution in [0.2, 0.25) is 0 Å². The third-order valence-electron chi connectivity index (χ3n) is 3.18. The molecule has 1 aromatic rings. The Hall–Kier alpha value is -1.07. The van der Waals surface area contributed by atoms with Gasteiger partial charge in [-0.3, -0.25) is 4.68 Å².